The number of aliphatic hydroxyl groups excluding tert-OH is 3. The summed E-state index contributed by atoms with van der Waals surface area (Å²) in [5.74, 6) is 0.749. The number of phenols is 6. The average molecular weight is 1970 g/mol. The molecule has 0 radical (unpaired) electrons. The number of Topliss-reactive ketones (excluding diaryl/α,β-unsaturated/α-hetero) is 5. The van der Waals surface area contributed by atoms with E-state index >= 15 is 0 Å². The minimum atomic E-state index is -0.390. The third-order valence-electron chi connectivity index (χ3n) is 23.2. The van der Waals surface area contributed by atoms with Crippen molar-refractivity contribution >= 4 is 113 Å². The number of benzene rings is 10. The molecular weight excluding hydrogens is 1860 g/mol. The predicted molar refractivity (Wildman–Crippen MR) is 561 cm³/mol. The van der Waals surface area contributed by atoms with Crippen LogP contribution in [0.5, 0.6) is 51.7 Å². The van der Waals surface area contributed by atoms with Crippen LogP contribution in [-0.4, -0.2) is 170 Å². The van der Waals surface area contributed by atoms with E-state index < -0.39 is 5.78 Å². The van der Waals surface area contributed by atoms with Crippen LogP contribution in [0.1, 0.15) is 109 Å². The number of phenolic OH excluding ortho intramolecular Hbond substituents is 6. The van der Waals surface area contributed by atoms with Crippen molar-refractivity contribution in [1.82, 2.24) is 25.9 Å². The highest BCUT2D eigenvalue weighted by atomic mass is 19.1. The summed E-state index contributed by atoms with van der Waals surface area (Å²) in [6.45, 7) is 2.68. The van der Waals surface area contributed by atoms with Crippen LogP contribution in [-0.2, 0) is 58.1 Å². The second-order valence-electron chi connectivity index (χ2n) is 33.5. The van der Waals surface area contributed by atoms with E-state index in [1.165, 1.54) is 63.1 Å². The van der Waals surface area contributed by atoms with E-state index in [1.54, 1.807) is 226 Å². The first-order chi connectivity index (χ1) is 70.8. The van der Waals surface area contributed by atoms with Crippen LogP contribution in [0.3, 0.4) is 0 Å². The van der Waals surface area contributed by atoms with Gasteiger partial charge in [-0.3, -0.25) is 43.5 Å². The molecule has 10 aromatic carbocycles. The number of aliphatic hydroxyl groups is 3. The zero-order valence-electron chi connectivity index (χ0n) is 80.3. The van der Waals surface area contributed by atoms with E-state index in [4.69, 9.17) is 29.2 Å². The summed E-state index contributed by atoms with van der Waals surface area (Å²) < 4.78 is 48.3. The molecule has 744 valence electrons. The zero-order valence-corrected chi connectivity index (χ0v) is 80.3. The fraction of sp³-hybridized carbons (Fsp3) is 0.151. The van der Waals surface area contributed by atoms with Gasteiger partial charge in [0.15, 0.2) is 52.0 Å². The van der Waals surface area contributed by atoms with Crippen LogP contribution in [0.2, 0.25) is 0 Å². The van der Waals surface area contributed by atoms with Crippen LogP contribution in [0, 0.1) is 11.6 Å². The van der Waals surface area contributed by atoms with Gasteiger partial charge in [-0.15, -0.1) is 0 Å². The maximum Gasteiger partial charge on any atom is 0.189 e. The number of ether oxygens (including phenoxy) is 4. The van der Waals surface area contributed by atoms with Crippen molar-refractivity contribution in [2.24, 2.45) is 0 Å². The number of nitrogens with one attached hydrogen (secondary N) is 3. The van der Waals surface area contributed by atoms with Gasteiger partial charge in [-0.25, -0.2) is 8.78 Å². The number of ketones is 7. The SMILES string of the molecule is COc1ccc(/C=C2\CNC/C(=C\c3ccc(CO)cc3)C2=O)cc1.COc1cnc(/C=C/C(=O)CC(=O)/C=C/c2cc(CO)c(CO)cn2)cc1OC.O=C1/C(=C/c2ccccc2F)CNC/C1=C\c1ccccc1F.O=C1/C(=C/c2ccccc2O)CCC/C1=C\c1ccccc1O.O=C1/C(=C/c2ccccc2O)CNC/C1=C\c1ccccc1O.O=C1/C(=C/c2ccccc2O)COC/C1=C\c1ccccc1O. The van der Waals surface area contributed by atoms with Gasteiger partial charge in [0.25, 0.3) is 0 Å². The normalized spacial score (nSPS) is 17.0. The van der Waals surface area contributed by atoms with Crippen LogP contribution < -0.4 is 30.2 Å². The lowest BCUT2D eigenvalue weighted by Gasteiger charge is -2.18. The fourth-order valence-electron chi connectivity index (χ4n) is 15.4. The quantitative estimate of drug-likeness (QED) is 0.0221. The van der Waals surface area contributed by atoms with E-state index in [1.807, 2.05) is 84.9 Å². The van der Waals surface area contributed by atoms with Crippen molar-refractivity contribution in [3.63, 3.8) is 0 Å². The number of pyridine rings is 2. The molecule has 0 atom stereocenters. The van der Waals surface area contributed by atoms with Gasteiger partial charge in [-0.2, -0.15) is 0 Å². The maximum absolute atomic E-state index is 13.7. The zero-order chi connectivity index (χ0) is 104. The smallest absolute Gasteiger partial charge is 0.189 e. The third kappa shape index (κ3) is 31.4. The molecule has 4 saturated heterocycles. The molecule has 0 amide bonds. The van der Waals surface area contributed by atoms with E-state index in [2.05, 4.69) is 25.9 Å². The number of rotatable bonds is 22. The minimum absolute atomic E-state index is 0.0113. The Kier molecular flexibility index (Phi) is 40.4. The summed E-state index contributed by atoms with van der Waals surface area (Å²) in [4.78, 5) is 95.3. The summed E-state index contributed by atoms with van der Waals surface area (Å²) in [5.41, 5.74) is 15.1. The number of aromatic hydroxyl groups is 6. The number of aromatic nitrogens is 2. The summed E-state index contributed by atoms with van der Waals surface area (Å²) in [6.07, 6.45) is 27.4. The Morgan fingerprint density at radius 2 is 0.637 bits per heavy atom. The summed E-state index contributed by atoms with van der Waals surface area (Å²) >= 11 is 0. The number of allylic oxidation sites excluding steroid dienone is 4. The number of halogens is 2. The summed E-state index contributed by atoms with van der Waals surface area (Å²) in [7, 11) is 4.63. The number of carbonyl (C=O) groups is 7. The first kappa shape index (κ1) is 108. The van der Waals surface area contributed by atoms with Crippen LogP contribution in [0.25, 0.3) is 72.9 Å². The van der Waals surface area contributed by atoms with Gasteiger partial charge in [0, 0.05) is 157 Å². The molecule has 1 saturated carbocycles. The first-order valence-electron chi connectivity index (χ1n) is 46.5. The Bertz CT molecular complexity index is 6190. The summed E-state index contributed by atoms with van der Waals surface area (Å²) in [6, 6.07) is 72.3. The van der Waals surface area contributed by atoms with Crippen LogP contribution >= 0.6 is 0 Å². The van der Waals surface area contributed by atoms with Gasteiger partial charge < -0.3 is 80.9 Å². The number of hydrogen-bond acceptors (Lipinski definition) is 25. The molecule has 5 aliphatic rings. The first-order valence-corrected chi connectivity index (χ1v) is 46.5. The molecule has 0 bridgehead atoms. The van der Waals surface area contributed by atoms with Gasteiger partial charge >= 0.3 is 0 Å². The number of para-hydroxylation sites is 6. The maximum atomic E-state index is 13.7. The number of nitrogens with zero attached hydrogens (tertiary/aromatic N) is 2. The Labute approximate surface area is 843 Å². The molecular formula is C119H109F2N5O20. The molecule has 0 unspecified atom stereocenters. The molecule has 12 N–H and O–H groups in total. The molecule has 17 rings (SSSR count). The lowest BCUT2D eigenvalue weighted by molar-refractivity contribution is -0.122. The monoisotopic (exact) mass is 1970 g/mol. The predicted octanol–water partition coefficient (Wildman–Crippen LogP) is 18.4. The molecule has 12 aromatic rings. The van der Waals surface area contributed by atoms with Crippen molar-refractivity contribution in [2.75, 3.05) is 73.8 Å². The molecule has 27 heteroatoms. The van der Waals surface area contributed by atoms with E-state index in [0.717, 1.165) is 40.0 Å². The highest BCUT2D eigenvalue weighted by Crippen LogP contribution is 2.35. The Morgan fingerprint density at radius 1 is 0.336 bits per heavy atom. The van der Waals surface area contributed by atoms with Crippen molar-refractivity contribution in [2.45, 2.75) is 45.5 Å². The van der Waals surface area contributed by atoms with Crippen molar-refractivity contribution in [3.05, 3.63) is 430 Å². The number of piperidine rings is 3. The molecule has 146 heavy (non-hydrogen) atoms. The molecule has 4 aliphatic heterocycles. The second-order valence-corrected chi connectivity index (χ2v) is 33.5. The topological polar surface area (TPSA) is 400 Å². The van der Waals surface area contributed by atoms with Crippen LogP contribution in [0.4, 0.5) is 8.78 Å². The average Bonchev–Trinajstić information content (AvgIpc) is 0.835. The molecule has 0 spiro atoms. The Morgan fingerprint density at radius 3 is 0.979 bits per heavy atom. The van der Waals surface area contributed by atoms with E-state index in [0.29, 0.717) is 175 Å². The van der Waals surface area contributed by atoms with Crippen LogP contribution in [0.15, 0.2) is 335 Å². The van der Waals surface area contributed by atoms with Gasteiger partial charge in [-0.05, 0) is 193 Å². The third-order valence-corrected chi connectivity index (χ3v) is 23.2. The second kappa shape index (κ2) is 54.7. The van der Waals surface area contributed by atoms with Crippen molar-refractivity contribution < 1.29 is 107 Å². The van der Waals surface area contributed by atoms with Gasteiger partial charge in [0.05, 0.1) is 78.4 Å². The molecule has 1 aliphatic carbocycles. The minimum Gasteiger partial charge on any atom is -0.507 e. The van der Waals surface area contributed by atoms with E-state index in [-0.39, 0.29) is 120 Å². The summed E-state index contributed by atoms with van der Waals surface area (Å²) in [5, 5.41) is 96.1. The standard InChI is InChI=1S/C21H22N2O6.C21H21NO3.C20H18O3.C19H15F2NO.C19H17NO3.C19H16O4/c1-28-20-8-17(23-11-21(20)29-2)4-6-19(27)9-18(26)5-3-16-7-14(12-24)15(13-25)10-22-16;1-25-20-8-6-16(7-9-20)11-19-13-22-12-18(21(19)24)10-15-2-4-17(14-23)5-3-15;21-18-10-3-1-6-14(18)12-16-8-5-9-17(20(16)23)13-15-7-2-4-11-19(15)22;20-17-7-3-1-5-13(17)9-15-11-22-12-16(19(15)23)10-14-6-2-4-8-18(14)21;21-17-7-3-1-5-13(17)9-15-11-20-12-16(19(15)23)10-14-6-2-4-8-18(14)22;20-17-7-3-1-5-13(17)9-15-11-23-12-16(19(15)22)10-14-6-2-4-8-18(14)21/h3-8,10-11,24-25H,9,12-13H2,1-2H3;2-11,22-23H,12-14H2,1H3;1-4,6-7,10-13,21-22H,5,8-9H2;1-10,22H,11-12H2;1-10,20-22H,11-12H2;1-10,20-21H,11-12H2/b5-3+,6-4+;18-10+,19-11+;16-12+,17-13+;3*15-9+,16-10+. The van der Waals surface area contributed by atoms with Gasteiger partial charge in [-0.1, -0.05) is 182 Å². The van der Waals surface area contributed by atoms with E-state index in [9.17, 15) is 78.1 Å². The molecule has 6 heterocycles. The lowest BCUT2D eigenvalue weighted by Crippen LogP contribution is -2.32. The highest BCUT2D eigenvalue weighted by Gasteiger charge is 2.27. The fourth-order valence-corrected chi connectivity index (χ4v) is 15.4. The lowest BCUT2D eigenvalue weighted by atomic mass is 9.86. The molecule has 5 fully saturated rings. The van der Waals surface area contributed by atoms with Gasteiger partial charge in [0.1, 0.15) is 51.9 Å². The highest BCUT2D eigenvalue weighted by molar-refractivity contribution is 6.18. The molecule has 2 aromatic heterocycles. The largest absolute Gasteiger partial charge is 0.507 e. The molecule has 25 nitrogen and oxygen atoms in total. The van der Waals surface area contributed by atoms with Crippen molar-refractivity contribution in [1.29, 1.82) is 0 Å². The van der Waals surface area contributed by atoms with Gasteiger partial charge in [0.2, 0.25) is 0 Å². The Hall–Kier alpha value is -17.2. The van der Waals surface area contributed by atoms with Crippen molar-refractivity contribution in [3.8, 4) is 51.7 Å². The number of methoxy groups -OCH3 is 3. The Balaban J connectivity index is 0.000000156. The number of carbonyl (C=O) groups excluding carboxylic acids is 7. The number of hydrogen-bond donors (Lipinski definition) is 12.